The Hall–Kier alpha value is -3.26. The van der Waals surface area contributed by atoms with Crippen molar-refractivity contribution in [2.45, 2.75) is 6.54 Å². The van der Waals surface area contributed by atoms with Gasteiger partial charge in [0.05, 0.1) is 5.56 Å². The lowest BCUT2D eigenvalue weighted by molar-refractivity contribution is 0.102. The molecule has 132 valence electrons. The van der Waals surface area contributed by atoms with Gasteiger partial charge in [-0.3, -0.25) is 10.1 Å². The molecule has 0 fully saturated rings. The zero-order valence-corrected chi connectivity index (χ0v) is 14.7. The first-order chi connectivity index (χ1) is 12.8. The minimum absolute atomic E-state index is 0.274. The number of amides is 1. The van der Waals surface area contributed by atoms with Crippen LogP contribution in [0.3, 0.4) is 0 Å². The normalized spacial score (nSPS) is 10.2. The molecule has 0 aliphatic carbocycles. The molecule has 3 rings (SSSR count). The molecule has 2 heterocycles. The monoisotopic (exact) mass is 367 g/mol. The number of para-hydroxylation sites is 1. The van der Waals surface area contributed by atoms with Gasteiger partial charge >= 0.3 is 0 Å². The summed E-state index contributed by atoms with van der Waals surface area (Å²) in [6.45, 7) is 4.66. The molecule has 0 bridgehead atoms. The van der Waals surface area contributed by atoms with E-state index in [-0.39, 0.29) is 5.91 Å². The number of nitrogens with zero attached hydrogens (tertiary/aromatic N) is 3. The highest BCUT2D eigenvalue weighted by molar-refractivity contribution is 7.13. The molecule has 2 aromatic heterocycles. The van der Waals surface area contributed by atoms with Gasteiger partial charge in [-0.25, -0.2) is 4.98 Å². The summed E-state index contributed by atoms with van der Waals surface area (Å²) in [7, 11) is 0. The summed E-state index contributed by atoms with van der Waals surface area (Å²) < 4.78 is 5.63. The van der Waals surface area contributed by atoms with Crippen molar-refractivity contribution in [1.29, 1.82) is 0 Å². The van der Waals surface area contributed by atoms with Gasteiger partial charge in [-0.05, 0) is 18.2 Å². The van der Waals surface area contributed by atoms with Crippen LogP contribution in [0.1, 0.15) is 15.9 Å². The third-order valence-corrected chi connectivity index (χ3v) is 4.00. The molecule has 0 radical (unpaired) electrons. The number of hydrogen-bond donors (Lipinski definition) is 2. The third kappa shape index (κ3) is 4.64. The number of carbonyl (C=O) groups excluding carboxylic acids is 1. The van der Waals surface area contributed by atoms with Crippen LogP contribution in [0.15, 0.2) is 60.8 Å². The van der Waals surface area contributed by atoms with E-state index in [1.54, 1.807) is 23.7 Å². The fraction of sp³-hybridized carbons (Fsp3) is 0.111. The third-order valence-electron chi connectivity index (χ3n) is 3.40. The van der Waals surface area contributed by atoms with Gasteiger partial charge in [0.25, 0.3) is 5.91 Å². The standard InChI is InChI=1S/C18H17N5O2S/c1-2-9-25-15-6-4-3-5-13(15)10-19-16-8-7-14(11-20-16)17(24)22-18-23-21-12-26-18/h2-8,11-12H,1,9-10H2,(H,19,20)(H,22,23,24). The molecular formula is C18H17N5O2S. The lowest BCUT2D eigenvalue weighted by Gasteiger charge is -2.11. The molecule has 0 atom stereocenters. The predicted octanol–water partition coefficient (Wildman–Crippen LogP) is 3.36. The van der Waals surface area contributed by atoms with E-state index in [0.717, 1.165) is 11.3 Å². The van der Waals surface area contributed by atoms with Crippen molar-refractivity contribution in [3.63, 3.8) is 0 Å². The van der Waals surface area contributed by atoms with Crippen molar-refractivity contribution >= 4 is 28.2 Å². The average Bonchev–Trinajstić information content (AvgIpc) is 3.18. The highest BCUT2D eigenvalue weighted by Crippen LogP contribution is 2.19. The minimum Gasteiger partial charge on any atom is -0.489 e. The van der Waals surface area contributed by atoms with Gasteiger partial charge in [-0.15, -0.1) is 10.2 Å². The van der Waals surface area contributed by atoms with E-state index in [0.29, 0.717) is 29.7 Å². The number of pyridine rings is 1. The largest absolute Gasteiger partial charge is 0.489 e. The highest BCUT2D eigenvalue weighted by Gasteiger charge is 2.09. The van der Waals surface area contributed by atoms with E-state index in [1.165, 1.54) is 17.5 Å². The number of hydrogen-bond acceptors (Lipinski definition) is 7. The maximum absolute atomic E-state index is 12.1. The van der Waals surface area contributed by atoms with E-state index >= 15 is 0 Å². The molecule has 0 unspecified atom stereocenters. The van der Waals surface area contributed by atoms with Crippen LogP contribution in [-0.4, -0.2) is 27.7 Å². The topological polar surface area (TPSA) is 89.0 Å². The van der Waals surface area contributed by atoms with E-state index in [1.807, 2.05) is 24.3 Å². The number of benzene rings is 1. The Kier molecular flexibility index (Phi) is 5.89. The number of rotatable bonds is 8. The average molecular weight is 367 g/mol. The summed E-state index contributed by atoms with van der Waals surface area (Å²) in [5.74, 6) is 1.19. The van der Waals surface area contributed by atoms with E-state index in [4.69, 9.17) is 4.74 Å². The zero-order chi connectivity index (χ0) is 18.2. The van der Waals surface area contributed by atoms with Crippen LogP contribution in [0.5, 0.6) is 5.75 Å². The Morgan fingerprint density at radius 3 is 2.88 bits per heavy atom. The molecular weight excluding hydrogens is 350 g/mol. The van der Waals surface area contributed by atoms with Crippen LogP contribution in [0.25, 0.3) is 0 Å². The maximum atomic E-state index is 12.1. The van der Waals surface area contributed by atoms with E-state index in [9.17, 15) is 4.79 Å². The van der Waals surface area contributed by atoms with Crippen LogP contribution in [0.2, 0.25) is 0 Å². The van der Waals surface area contributed by atoms with Crippen LogP contribution in [0.4, 0.5) is 10.9 Å². The fourth-order valence-electron chi connectivity index (χ4n) is 2.15. The van der Waals surface area contributed by atoms with Gasteiger partial charge in [0.2, 0.25) is 5.13 Å². The molecule has 0 aliphatic heterocycles. The quantitative estimate of drug-likeness (QED) is 0.594. The summed E-state index contributed by atoms with van der Waals surface area (Å²) in [6.07, 6.45) is 3.22. The van der Waals surface area contributed by atoms with Crippen molar-refractivity contribution < 1.29 is 9.53 Å². The van der Waals surface area contributed by atoms with E-state index < -0.39 is 0 Å². The lowest BCUT2D eigenvalue weighted by Crippen LogP contribution is -2.12. The highest BCUT2D eigenvalue weighted by atomic mass is 32.1. The van der Waals surface area contributed by atoms with Crippen molar-refractivity contribution in [3.8, 4) is 5.75 Å². The molecule has 0 saturated heterocycles. The van der Waals surface area contributed by atoms with Crippen LogP contribution >= 0.6 is 11.3 Å². The van der Waals surface area contributed by atoms with Crippen LogP contribution < -0.4 is 15.4 Å². The minimum atomic E-state index is -0.274. The lowest BCUT2D eigenvalue weighted by atomic mass is 10.2. The predicted molar refractivity (Wildman–Crippen MR) is 102 cm³/mol. The summed E-state index contributed by atoms with van der Waals surface area (Å²) in [6, 6.07) is 11.2. The number of anilines is 2. The van der Waals surface area contributed by atoms with Crippen LogP contribution in [0, 0.1) is 0 Å². The molecule has 3 aromatic rings. The number of aromatic nitrogens is 3. The SMILES string of the molecule is C=CCOc1ccccc1CNc1ccc(C(=O)Nc2nncs2)cn1. The summed E-state index contributed by atoms with van der Waals surface area (Å²) in [4.78, 5) is 16.4. The van der Waals surface area contributed by atoms with Gasteiger partial charge in [0.15, 0.2) is 0 Å². The smallest absolute Gasteiger partial charge is 0.259 e. The molecule has 26 heavy (non-hydrogen) atoms. The molecule has 0 saturated carbocycles. The van der Waals surface area contributed by atoms with Gasteiger partial charge < -0.3 is 10.1 Å². The summed E-state index contributed by atoms with van der Waals surface area (Å²) >= 11 is 1.26. The van der Waals surface area contributed by atoms with E-state index in [2.05, 4.69) is 32.4 Å². The molecule has 1 amide bonds. The van der Waals surface area contributed by atoms with Gasteiger partial charge in [0.1, 0.15) is 23.7 Å². The second-order valence-electron chi connectivity index (χ2n) is 5.19. The molecule has 7 nitrogen and oxygen atoms in total. The van der Waals surface area contributed by atoms with Gasteiger partial charge in [-0.2, -0.15) is 0 Å². The Balaban J connectivity index is 1.59. The van der Waals surface area contributed by atoms with Crippen LogP contribution in [-0.2, 0) is 6.54 Å². The molecule has 8 heteroatoms. The molecule has 2 N–H and O–H groups in total. The van der Waals surface area contributed by atoms with Crippen molar-refractivity contribution in [2.24, 2.45) is 0 Å². The molecule has 1 aromatic carbocycles. The summed E-state index contributed by atoms with van der Waals surface area (Å²) in [5.41, 5.74) is 3.01. The van der Waals surface area contributed by atoms with Gasteiger partial charge in [0, 0.05) is 18.3 Å². The number of ether oxygens (including phenoxy) is 1. The van der Waals surface area contributed by atoms with Crippen molar-refractivity contribution in [2.75, 3.05) is 17.2 Å². The number of nitrogens with one attached hydrogen (secondary N) is 2. The Labute approximate surface area is 154 Å². The summed E-state index contributed by atoms with van der Waals surface area (Å²) in [5, 5.41) is 13.8. The first-order valence-electron chi connectivity index (χ1n) is 7.85. The first-order valence-corrected chi connectivity index (χ1v) is 8.73. The molecule has 0 aliphatic rings. The maximum Gasteiger partial charge on any atom is 0.259 e. The Morgan fingerprint density at radius 1 is 1.27 bits per heavy atom. The fourth-order valence-corrected chi connectivity index (χ4v) is 2.59. The first kappa shape index (κ1) is 17.6. The Bertz CT molecular complexity index is 866. The van der Waals surface area contributed by atoms with Crippen molar-refractivity contribution in [1.82, 2.24) is 15.2 Å². The van der Waals surface area contributed by atoms with Crippen molar-refractivity contribution in [3.05, 3.63) is 71.9 Å². The molecule has 0 spiro atoms. The second kappa shape index (κ2) is 8.72. The number of carbonyl (C=O) groups is 1. The second-order valence-corrected chi connectivity index (χ2v) is 6.02. The zero-order valence-electron chi connectivity index (χ0n) is 13.9. The van der Waals surface area contributed by atoms with Gasteiger partial charge in [-0.1, -0.05) is 42.2 Å². The Morgan fingerprint density at radius 2 is 2.15 bits per heavy atom.